The lowest BCUT2D eigenvalue weighted by Crippen LogP contribution is -2.60. The van der Waals surface area contributed by atoms with Crippen molar-refractivity contribution in [2.24, 2.45) is 29.4 Å². The molecule has 3 aliphatic rings. The highest BCUT2D eigenvalue weighted by molar-refractivity contribution is 6.14. The minimum Gasteiger partial charge on any atom is -0.511 e. The number of phenolic OH excluding ortho intramolecular Hbond substituents is 1. The number of ketones is 1. The van der Waals surface area contributed by atoms with Crippen molar-refractivity contribution >= 4 is 17.4 Å². The van der Waals surface area contributed by atoms with E-state index in [1.807, 2.05) is 25.1 Å². The first-order valence-corrected chi connectivity index (χ1v) is 14.3. The van der Waals surface area contributed by atoms with E-state index in [1.165, 1.54) is 0 Å². The summed E-state index contributed by atoms with van der Waals surface area (Å²) < 4.78 is 0. The average molecular weight is 573 g/mol. The summed E-state index contributed by atoms with van der Waals surface area (Å²) in [4.78, 5) is 29.9. The predicted molar refractivity (Wildman–Crippen MR) is 154 cm³/mol. The van der Waals surface area contributed by atoms with Crippen LogP contribution in [0.4, 0.5) is 5.69 Å². The molecule has 0 fully saturated rings. The fraction of sp³-hybridized carbons (Fsp3) is 0.600. The van der Waals surface area contributed by atoms with Crippen molar-refractivity contribution in [3.8, 4) is 5.75 Å². The number of nitrogens with one attached hydrogen (secondary N) is 1. The molecule has 4 rings (SSSR count). The van der Waals surface area contributed by atoms with Crippen LogP contribution in [0.1, 0.15) is 54.6 Å². The third kappa shape index (κ3) is 4.98. The quantitative estimate of drug-likeness (QED) is 0.215. The smallest absolute Gasteiger partial charge is 0.253 e. The second-order valence-electron chi connectivity index (χ2n) is 12.1. The van der Waals surface area contributed by atoms with Gasteiger partial charge in [0, 0.05) is 37.5 Å². The highest BCUT2D eigenvalue weighted by Crippen LogP contribution is 2.54. The SMILES string of the molecule is CCC(CC)CNCc1cc(N(C)C)c2c(c1O)C(=O)C1=C(O)C3C(CC1C2)[C@@H](N(C)C)C(O)=C(C(N)=O)C3(O)O. The molecule has 4 atom stereocenters. The molecular formula is C30H44N4O7. The molecule has 0 aromatic heterocycles. The van der Waals surface area contributed by atoms with Gasteiger partial charge < -0.3 is 41.5 Å². The number of anilines is 1. The number of carbonyl (C=O) groups is 2. The van der Waals surface area contributed by atoms with Crippen LogP contribution >= 0.6 is 0 Å². The van der Waals surface area contributed by atoms with E-state index in [1.54, 1.807) is 19.0 Å². The normalized spacial score (nSPS) is 25.4. The van der Waals surface area contributed by atoms with Crippen molar-refractivity contribution in [3.05, 3.63) is 45.4 Å². The van der Waals surface area contributed by atoms with Crippen molar-refractivity contribution in [1.82, 2.24) is 10.2 Å². The Bertz CT molecular complexity index is 1300. The van der Waals surface area contributed by atoms with Gasteiger partial charge in [0.25, 0.3) is 5.91 Å². The molecule has 0 bridgehead atoms. The highest BCUT2D eigenvalue weighted by Gasteiger charge is 2.60. The van der Waals surface area contributed by atoms with E-state index in [9.17, 15) is 35.1 Å². The number of aliphatic hydroxyl groups excluding tert-OH is 2. The number of Topliss-reactive ketones (excluding diaryl/α,β-unsaturated/α-hetero) is 1. The van der Waals surface area contributed by atoms with Crippen LogP contribution in [0.25, 0.3) is 0 Å². The molecule has 8 N–H and O–H groups in total. The first kappa shape index (κ1) is 30.8. The number of hydrogen-bond donors (Lipinski definition) is 7. The number of amides is 1. The summed E-state index contributed by atoms with van der Waals surface area (Å²) in [6.07, 6.45) is 2.57. The summed E-state index contributed by atoms with van der Waals surface area (Å²) >= 11 is 0. The number of primary amides is 1. The van der Waals surface area contributed by atoms with Crippen LogP contribution < -0.4 is 16.0 Å². The molecule has 0 spiro atoms. The van der Waals surface area contributed by atoms with Crippen molar-refractivity contribution < 1.29 is 35.1 Å². The molecule has 0 heterocycles. The third-order valence-corrected chi connectivity index (χ3v) is 9.28. The van der Waals surface area contributed by atoms with Crippen LogP contribution in [0.3, 0.4) is 0 Å². The number of phenols is 1. The fourth-order valence-corrected chi connectivity index (χ4v) is 7.19. The van der Waals surface area contributed by atoms with E-state index >= 15 is 0 Å². The molecule has 1 aromatic rings. The summed E-state index contributed by atoms with van der Waals surface area (Å²) in [5.41, 5.74) is 6.67. The van der Waals surface area contributed by atoms with E-state index in [0.717, 1.165) is 25.1 Å². The van der Waals surface area contributed by atoms with Gasteiger partial charge >= 0.3 is 0 Å². The molecule has 1 aromatic carbocycles. The van der Waals surface area contributed by atoms with Crippen molar-refractivity contribution in [2.45, 2.75) is 57.9 Å². The Kier molecular flexibility index (Phi) is 8.48. The number of aliphatic hydroxyl groups is 4. The summed E-state index contributed by atoms with van der Waals surface area (Å²) in [5.74, 6) is -8.41. The minimum atomic E-state index is -3.01. The third-order valence-electron chi connectivity index (χ3n) is 9.28. The van der Waals surface area contributed by atoms with E-state index in [-0.39, 0.29) is 23.3 Å². The lowest BCUT2D eigenvalue weighted by atomic mass is 9.59. The van der Waals surface area contributed by atoms with Gasteiger partial charge in [-0.3, -0.25) is 14.5 Å². The van der Waals surface area contributed by atoms with Gasteiger partial charge in [0.05, 0.1) is 17.5 Å². The Morgan fingerprint density at radius 3 is 2.29 bits per heavy atom. The highest BCUT2D eigenvalue weighted by atomic mass is 16.5. The molecule has 0 radical (unpaired) electrons. The second kappa shape index (κ2) is 11.3. The Hall–Kier alpha value is -3.12. The van der Waals surface area contributed by atoms with Crippen molar-refractivity contribution in [3.63, 3.8) is 0 Å². The van der Waals surface area contributed by atoms with E-state index in [0.29, 0.717) is 30.0 Å². The van der Waals surface area contributed by atoms with Crippen molar-refractivity contribution in [2.75, 3.05) is 39.6 Å². The van der Waals surface area contributed by atoms with E-state index in [2.05, 4.69) is 19.2 Å². The van der Waals surface area contributed by atoms with Crippen LogP contribution in [0.5, 0.6) is 5.75 Å². The van der Waals surface area contributed by atoms with E-state index in [4.69, 9.17) is 5.73 Å². The van der Waals surface area contributed by atoms with Gasteiger partial charge in [0.15, 0.2) is 5.78 Å². The van der Waals surface area contributed by atoms with Gasteiger partial charge in [0.2, 0.25) is 5.79 Å². The molecule has 11 heteroatoms. The molecular weight excluding hydrogens is 528 g/mol. The van der Waals surface area contributed by atoms with Crippen LogP contribution in [0.15, 0.2) is 28.7 Å². The van der Waals surface area contributed by atoms with Gasteiger partial charge in [-0.15, -0.1) is 0 Å². The van der Waals surface area contributed by atoms with Gasteiger partial charge in [0.1, 0.15) is 22.8 Å². The number of rotatable bonds is 9. The zero-order chi connectivity index (χ0) is 30.5. The minimum absolute atomic E-state index is 0.0175. The van der Waals surface area contributed by atoms with Gasteiger partial charge in [-0.1, -0.05) is 26.7 Å². The van der Waals surface area contributed by atoms with Crippen LogP contribution in [-0.4, -0.2) is 88.7 Å². The predicted octanol–water partition coefficient (Wildman–Crippen LogP) is 1.71. The number of allylic oxidation sites excluding steroid dienone is 1. The largest absolute Gasteiger partial charge is 0.511 e. The Labute approximate surface area is 240 Å². The average Bonchev–Trinajstić information content (AvgIpc) is 2.86. The van der Waals surface area contributed by atoms with Crippen molar-refractivity contribution in [1.29, 1.82) is 0 Å². The molecule has 0 saturated carbocycles. The molecule has 226 valence electrons. The van der Waals surface area contributed by atoms with E-state index < -0.39 is 58.4 Å². The number of likely N-dealkylation sites (N-methyl/N-ethyl adjacent to an activating group) is 1. The zero-order valence-electron chi connectivity index (χ0n) is 24.7. The number of carbonyl (C=O) groups excluding carboxylic acids is 2. The second-order valence-corrected chi connectivity index (χ2v) is 12.1. The maximum Gasteiger partial charge on any atom is 0.253 e. The summed E-state index contributed by atoms with van der Waals surface area (Å²) in [7, 11) is 7.05. The number of nitrogens with zero attached hydrogens (tertiary/aromatic N) is 2. The topological polar surface area (TPSA) is 180 Å². The lowest BCUT2D eigenvalue weighted by molar-refractivity contribution is -0.200. The summed E-state index contributed by atoms with van der Waals surface area (Å²) in [5, 5.41) is 59.6. The number of benzene rings is 1. The Morgan fingerprint density at radius 1 is 1.12 bits per heavy atom. The number of fused-ring (bicyclic) bond motifs is 3. The summed E-state index contributed by atoms with van der Waals surface area (Å²) in [6, 6.07) is 1.02. The molecule has 11 nitrogen and oxygen atoms in total. The maximum atomic E-state index is 14.1. The monoisotopic (exact) mass is 572 g/mol. The summed E-state index contributed by atoms with van der Waals surface area (Å²) in [6.45, 7) is 5.36. The van der Waals surface area contributed by atoms with Gasteiger partial charge in [-0.05, 0) is 62.9 Å². The zero-order valence-corrected chi connectivity index (χ0v) is 24.7. The molecule has 3 aliphatic carbocycles. The molecule has 41 heavy (non-hydrogen) atoms. The lowest BCUT2D eigenvalue weighted by Gasteiger charge is -2.51. The Balaban J connectivity index is 1.84. The van der Waals surface area contributed by atoms with Crippen LogP contribution in [-0.2, 0) is 17.8 Å². The van der Waals surface area contributed by atoms with Crippen LogP contribution in [0.2, 0.25) is 0 Å². The first-order chi connectivity index (χ1) is 19.2. The molecule has 0 aliphatic heterocycles. The van der Waals surface area contributed by atoms with Gasteiger partial charge in [-0.25, -0.2) is 0 Å². The standard InChI is InChI=1S/C30H44N4O7/c1-7-14(8-2)12-32-13-16-11-19(33(3)4)17-9-15-10-18-22(27(37)20(15)26(36)21(17)25(16)35)30(40,41)23(29(31)39)28(38)24(18)34(5)6/h11,14-15,18,22,24,32,35,37-38,40-41H,7-10,12-13H2,1-6H3,(H2,31,39)/t15?,18?,22?,24-/m1/s1. The molecule has 0 saturated heterocycles. The fourth-order valence-electron chi connectivity index (χ4n) is 7.19. The number of nitrogens with two attached hydrogens (primary N) is 1. The van der Waals surface area contributed by atoms with Gasteiger partial charge in [-0.2, -0.15) is 0 Å². The number of hydrogen-bond acceptors (Lipinski definition) is 10. The first-order valence-electron chi connectivity index (χ1n) is 14.3. The Morgan fingerprint density at radius 2 is 1.76 bits per heavy atom. The van der Waals surface area contributed by atoms with Crippen LogP contribution in [0, 0.1) is 23.7 Å². The molecule has 1 amide bonds. The molecule has 3 unspecified atom stereocenters. The number of aromatic hydroxyl groups is 1. The maximum absolute atomic E-state index is 14.1.